The van der Waals surface area contributed by atoms with Gasteiger partial charge >= 0.3 is 0 Å². The van der Waals surface area contributed by atoms with E-state index in [0.29, 0.717) is 19.7 Å². The first-order valence-corrected chi connectivity index (χ1v) is 12.2. The second-order valence-electron chi connectivity index (χ2n) is 7.97. The van der Waals surface area contributed by atoms with E-state index in [4.69, 9.17) is 19.2 Å². The maximum absolute atomic E-state index is 13.4. The van der Waals surface area contributed by atoms with E-state index < -0.39 is 0 Å². The SMILES string of the molecule is CCOc1ccccc1-c1nc(CC(=O)N(Cc2ccccc2OC)CC2CCCO2)cs1. The molecule has 1 aromatic heterocycles. The lowest BCUT2D eigenvalue weighted by molar-refractivity contribution is -0.132. The van der Waals surface area contributed by atoms with Gasteiger partial charge in [-0.15, -0.1) is 11.3 Å². The minimum atomic E-state index is 0.0337. The molecule has 7 heteroatoms. The van der Waals surface area contributed by atoms with Crippen molar-refractivity contribution in [1.82, 2.24) is 9.88 Å². The quantitative estimate of drug-likeness (QED) is 0.422. The standard InChI is InChI=1S/C26H30N2O4S/c1-3-31-24-13-7-5-11-22(24)26-27-20(18-33-26)15-25(29)28(17-21-10-8-14-32-21)16-19-9-4-6-12-23(19)30-2/h4-7,9,11-13,18,21H,3,8,10,14-17H2,1-2H3. The van der Waals surface area contributed by atoms with Crippen molar-refractivity contribution in [3.05, 3.63) is 65.2 Å². The number of aromatic nitrogens is 1. The van der Waals surface area contributed by atoms with Crippen LogP contribution in [0.2, 0.25) is 0 Å². The zero-order chi connectivity index (χ0) is 23.0. The predicted octanol–water partition coefficient (Wildman–Crippen LogP) is 4.97. The molecule has 1 aliphatic heterocycles. The number of nitrogens with zero attached hydrogens (tertiary/aromatic N) is 2. The number of benzene rings is 2. The third kappa shape index (κ3) is 5.92. The number of rotatable bonds is 10. The number of para-hydroxylation sites is 2. The van der Waals surface area contributed by atoms with E-state index in [-0.39, 0.29) is 18.4 Å². The summed E-state index contributed by atoms with van der Waals surface area (Å²) < 4.78 is 17.1. The number of amides is 1. The Hall–Kier alpha value is -2.90. The highest BCUT2D eigenvalue weighted by Crippen LogP contribution is 2.32. The average Bonchev–Trinajstić information content (AvgIpc) is 3.52. The summed E-state index contributed by atoms with van der Waals surface area (Å²) in [5, 5.41) is 2.82. The third-order valence-corrected chi connectivity index (χ3v) is 6.58. The molecule has 0 N–H and O–H groups in total. The molecule has 1 unspecified atom stereocenters. The lowest BCUT2D eigenvalue weighted by atomic mass is 10.1. The van der Waals surface area contributed by atoms with Gasteiger partial charge in [-0.05, 0) is 38.0 Å². The van der Waals surface area contributed by atoms with E-state index in [0.717, 1.165) is 52.8 Å². The summed E-state index contributed by atoms with van der Waals surface area (Å²) in [5.74, 6) is 1.63. The first kappa shape index (κ1) is 23.3. The van der Waals surface area contributed by atoms with Crippen LogP contribution < -0.4 is 9.47 Å². The van der Waals surface area contributed by atoms with Crippen LogP contribution in [0.1, 0.15) is 31.0 Å². The van der Waals surface area contributed by atoms with Gasteiger partial charge in [0.05, 0.1) is 37.5 Å². The largest absolute Gasteiger partial charge is 0.496 e. The van der Waals surface area contributed by atoms with Crippen LogP contribution in [-0.2, 0) is 22.5 Å². The van der Waals surface area contributed by atoms with Gasteiger partial charge in [-0.2, -0.15) is 0 Å². The highest BCUT2D eigenvalue weighted by molar-refractivity contribution is 7.13. The molecular formula is C26H30N2O4S. The molecule has 0 bridgehead atoms. The Labute approximate surface area is 199 Å². The Balaban J connectivity index is 1.51. The van der Waals surface area contributed by atoms with Crippen LogP contribution in [-0.4, -0.2) is 48.8 Å². The van der Waals surface area contributed by atoms with Gasteiger partial charge in [-0.25, -0.2) is 4.98 Å². The van der Waals surface area contributed by atoms with Crippen molar-refractivity contribution in [2.45, 2.75) is 38.8 Å². The lowest BCUT2D eigenvalue weighted by Crippen LogP contribution is -2.38. The molecule has 1 fully saturated rings. The summed E-state index contributed by atoms with van der Waals surface area (Å²) >= 11 is 1.53. The van der Waals surface area contributed by atoms with Crippen molar-refractivity contribution >= 4 is 17.2 Å². The van der Waals surface area contributed by atoms with Gasteiger partial charge in [-0.1, -0.05) is 30.3 Å². The topological polar surface area (TPSA) is 60.9 Å². The number of hydrogen-bond acceptors (Lipinski definition) is 6. The Bertz CT molecular complexity index is 1060. The van der Waals surface area contributed by atoms with Crippen LogP contribution in [0.25, 0.3) is 10.6 Å². The fourth-order valence-electron chi connectivity index (χ4n) is 4.03. The summed E-state index contributed by atoms with van der Waals surface area (Å²) in [7, 11) is 1.65. The van der Waals surface area contributed by atoms with Crippen LogP contribution >= 0.6 is 11.3 Å². The first-order valence-electron chi connectivity index (χ1n) is 11.4. The Morgan fingerprint density at radius 1 is 1.18 bits per heavy atom. The summed E-state index contributed by atoms with van der Waals surface area (Å²) in [4.78, 5) is 20.0. The van der Waals surface area contributed by atoms with Crippen LogP contribution in [0.4, 0.5) is 0 Å². The van der Waals surface area contributed by atoms with Crippen LogP contribution in [0.5, 0.6) is 11.5 Å². The molecule has 1 amide bonds. The third-order valence-electron chi connectivity index (χ3n) is 5.66. The number of carbonyl (C=O) groups excluding carboxylic acids is 1. The zero-order valence-corrected chi connectivity index (χ0v) is 20.0. The molecule has 2 aromatic carbocycles. The molecule has 6 nitrogen and oxygen atoms in total. The molecule has 0 radical (unpaired) electrons. The molecule has 1 saturated heterocycles. The van der Waals surface area contributed by atoms with Gasteiger partial charge < -0.3 is 19.1 Å². The first-order chi connectivity index (χ1) is 16.2. The number of thiazole rings is 1. The maximum atomic E-state index is 13.4. The van der Waals surface area contributed by atoms with E-state index in [1.54, 1.807) is 7.11 Å². The average molecular weight is 467 g/mol. The van der Waals surface area contributed by atoms with Crippen molar-refractivity contribution in [3.8, 4) is 22.1 Å². The van der Waals surface area contributed by atoms with E-state index in [9.17, 15) is 4.79 Å². The summed E-state index contributed by atoms with van der Waals surface area (Å²) in [6, 6.07) is 15.7. The normalized spacial score (nSPS) is 15.4. The minimum absolute atomic E-state index is 0.0337. The number of methoxy groups -OCH3 is 1. The molecule has 4 rings (SSSR count). The van der Waals surface area contributed by atoms with Crippen LogP contribution in [0.15, 0.2) is 53.9 Å². The Morgan fingerprint density at radius 2 is 1.97 bits per heavy atom. The molecule has 0 aliphatic carbocycles. The molecule has 0 saturated carbocycles. The van der Waals surface area contributed by atoms with Crippen LogP contribution in [0.3, 0.4) is 0 Å². The summed E-state index contributed by atoms with van der Waals surface area (Å²) in [5.41, 5.74) is 2.70. The van der Waals surface area contributed by atoms with Gasteiger partial charge in [0.15, 0.2) is 0 Å². The second-order valence-corrected chi connectivity index (χ2v) is 8.83. The maximum Gasteiger partial charge on any atom is 0.229 e. The Kier molecular flexibility index (Phi) is 7.96. The molecular weight excluding hydrogens is 436 g/mol. The molecule has 1 atom stereocenters. The molecule has 33 heavy (non-hydrogen) atoms. The second kappa shape index (κ2) is 11.3. The number of carbonyl (C=O) groups is 1. The van der Waals surface area contributed by atoms with Gasteiger partial charge in [0.1, 0.15) is 16.5 Å². The molecule has 3 aromatic rings. The van der Waals surface area contributed by atoms with Gasteiger partial charge in [0, 0.05) is 30.6 Å². The fourth-order valence-corrected chi connectivity index (χ4v) is 4.88. The monoisotopic (exact) mass is 466 g/mol. The zero-order valence-electron chi connectivity index (χ0n) is 19.2. The van der Waals surface area contributed by atoms with E-state index in [1.807, 2.05) is 65.7 Å². The fraction of sp³-hybridized carbons (Fsp3) is 0.385. The molecule has 1 aliphatic rings. The summed E-state index contributed by atoms with van der Waals surface area (Å²) in [6.45, 7) is 4.37. The highest BCUT2D eigenvalue weighted by atomic mass is 32.1. The van der Waals surface area contributed by atoms with Gasteiger partial charge in [0.25, 0.3) is 0 Å². The van der Waals surface area contributed by atoms with Crippen molar-refractivity contribution < 1.29 is 19.0 Å². The lowest BCUT2D eigenvalue weighted by Gasteiger charge is -2.26. The van der Waals surface area contributed by atoms with Crippen molar-refractivity contribution in [3.63, 3.8) is 0 Å². The van der Waals surface area contributed by atoms with Crippen molar-refractivity contribution in [2.24, 2.45) is 0 Å². The molecule has 0 spiro atoms. The van der Waals surface area contributed by atoms with E-state index in [2.05, 4.69) is 0 Å². The van der Waals surface area contributed by atoms with E-state index >= 15 is 0 Å². The van der Waals surface area contributed by atoms with Crippen LogP contribution in [0, 0.1) is 0 Å². The molecule has 174 valence electrons. The minimum Gasteiger partial charge on any atom is -0.496 e. The van der Waals surface area contributed by atoms with Crippen molar-refractivity contribution in [2.75, 3.05) is 26.9 Å². The Morgan fingerprint density at radius 3 is 2.73 bits per heavy atom. The molecule has 2 heterocycles. The van der Waals surface area contributed by atoms with Gasteiger partial charge in [0.2, 0.25) is 5.91 Å². The smallest absolute Gasteiger partial charge is 0.229 e. The summed E-state index contributed by atoms with van der Waals surface area (Å²) in [6.07, 6.45) is 2.34. The predicted molar refractivity (Wildman–Crippen MR) is 130 cm³/mol. The number of ether oxygens (including phenoxy) is 3. The number of hydrogen-bond donors (Lipinski definition) is 0. The van der Waals surface area contributed by atoms with Gasteiger partial charge in [-0.3, -0.25) is 4.79 Å². The highest BCUT2D eigenvalue weighted by Gasteiger charge is 2.24. The van der Waals surface area contributed by atoms with Crippen molar-refractivity contribution in [1.29, 1.82) is 0 Å². The van der Waals surface area contributed by atoms with E-state index in [1.165, 1.54) is 11.3 Å².